The Bertz CT molecular complexity index is 1400. The lowest BCUT2D eigenvalue weighted by molar-refractivity contribution is -0.125. The van der Waals surface area contributed by atoms with Crippen molar-refractivity contribution in [3.8, 4) is 0 Å². The maximum Gasteiger partial charge on any atom is 0.338 e. The molecule has 4 N–H and O–H groups in total. The Kier molecular flexibility index (Phi) is 7.64. The Balaban J connectivity index is 1.66. The Morgan fingerprint density at radius 1 is 1.00 bits per heavy atom. The van der Waals surface area contributed by atoms with E-state index in [0.29, 0.717) is 28.2 Å². The number of nitrogens with two attached hydrogens (primary N) is 1. The fraction of sp³-hybridized carbons (Fsp3) is 0.233. The number of nitrogens with zero attached hydrogens (tertiary/aromatic N) is 1. The first-order chi connectivity index (χ1) is 18.2. The van der Waals surface area contributed by atoms with E-state index in [4.69, 9.17) is 10.5 Å². The highest BCUT2D eigenvalue weighted by Crippen LogP contribution is 2.34. The quantitative estimate of drug-likeness (QED) is 0.291. The molecule has 1 aliphatic rings. The largest absolute Gasteiger partial charge is 0.462 e. The maximum absolute atomic E-state index is 13.4. The van der Waals surface area contributed by atoms with Crippen LogP contribution >= 0.6 is 0 Å². The molecule has 0 aliphatic carbocycles. The summed E-state index contributed by atoms with van der Waals surface area (Å²) in [6, 6.07) is 21.7. The predicted molar refractivity (Wildman–Crippen MR) is 150 cm³/mol. The van der Waals surface area contributed by atoms with Gasteiger partial charge in [-0.15, -0.1) is 0 Å². The number of ketones is 1. The zero-order valence-electron chi connectivity index (χ0n) is 22.0. The average molecular weight is 513 g/mol. The first-order valence-electron chi connectivity index (χ1n) is 12.4. The molecule has 1 amide bonds. The molecule has 3 aromatic rings. The van der Waals surface area contributed by atoms with Gasteiger partial charge in [0.05, 0.1) is 29.0 Å². The molecule has 3 aromatic carbocycles. The topological polar surface area (TPSA) is 114 Å². The molecule has 0 saturated heterocycles. The molecule has 8 nitrogen and oxygen atoms in total. The minimum Gasteiger partial charge on any atom is -0.462 e. The molecule has 1 heterocycles. The number of rotatable bonds is 8. The summed E-state index contributed by atoms with van der Waals surface area (Å²) in [6.07, 6.45) is 0. The minimum absolute atomic E-state index is 0.0755. The molecule has 1 aliphatic heterocycles. The van der Waals surface area contributed by atoms with Gasteiger partial charge in [-0.3, -0.25) is 9.59 Å². The van der Waals surface area contributed by atoms with Crippen LogP contribution in [0.4, 0.5) is 17.1 Å². The van der Waals surface area contributed by atoms with Crippen LogP contribution in [0.25, 0.3) is 5.70 Å². The number of ether oxygens (including phenoxy) is 1. The number of carbonyl (C=O) groups excluding carboxylic acids is 3. The van der Waals surface area contributed by atoms with E-state index in [2.05, 4.69) is 10.6 Å². The van der Waals surface area contributed by atoms with Gasteiger partial charge in [-0.1, -0.05) is 30.3 Å². The van der Waals surface area contributed by atoms with E-state index in [-0.39, 0.29) is 24.8 Å². The van der Waals surface area contributed by atoms with Crippen molar-refractivity contribution >= 4 is 40.4 Å². The number of amides is 1. The smallest absolute Gasteiger partial charge is 0.338 e. The number of hydrogen-bond acceptors (Lipinski definition) is 7. The number of hydrogen-bond donors (Lipinski definition) is 3. The molecule has 0 radical (unpaired) electrons. The van der Waals surface area contributed by atoms with Gasteiger partial charge in [0.25, 0.3) is 0 Å². The summed E-state index contributed by atoms with van der Waals surface area (Å²) < 4.78 is 5.10. The molecule has 4 rings (SSSR count). The van der Waals surface area contributed by atoms with Crippen LogP contribution in [0.5, 0.6) is 0 Å². The van der Waals surface area contributed by atoms with Crippen molar-refractivity contribution in [1.82, 2.24) is 0 Å². The summed E-state index contributed by atoms with van der Waals surface area (Å²) in [4.78, 5) is 40.0. The second kappa shape index (κ2) is 10.9. The molecular formula is C30H32N4O4. The molecule has 8 heteroatoms. The van der Waals surface area contributed by atoms with Crippen molar-refractivity contribution in [1.29, 1.82) is 0 Å². The van der Waals surface area contributed by atoms with Crippen LogP contribution in [-0.2, 0) is 9.53 Å². The monoisotopic (exact) mass is 512 g/mol. The lowest BCUT2D eigenvalue weighted by Gasteiger charge is -2.28. The third-order valence-electron chi connectivity index (χ3n) is 6.49. The maximum atomic E-state index is 13.4. The van der Waals surface area contributed by atoms with E-state index in [1.165, 1.54) is 0 Å². The normalized spacial score (nSPS) is 13.9. The Labute approximate surface area is 222 Å². The van der Waals surface area contributed by atoms with Crippen LogP contribution in [-0.4, -0.2) is 37.9 Å². The Morgan fingerprint density at radius 3 is 2.32 bits per heavy atom. The molecule has 38 heavy (non-hydrogen) atoms. The zero-order chi connectivity index (χ0) is 27.4. The number of fused-ring (bicyclic) bond motifs is 1. The molecule has 0 bridgehead atoms. The van der Waals surface area contributed by atoms with Gasteiger partial charge in [-0.05, 0) is 63.2 Å². The van der Waals surface area contributed by atoms with Crippen LogP contribution in [0.3, 0.4) is 0 Å². The molecule has 0 fully saturated rings. The number of Topliss-reactive ketones (excluding diaryl/α,β-unsaturated/α-hetero) is 1. The van der Waals surface area contributed by atoms with Crippen molar-refractivity contribution in [3.63, 3.8) is 0 Å². The molecular weight excluding hydrogens is 480 g/mol. The second-order valence-corrected chi connectivity index (χ2v) is 9.68. The van der Waals surface area contributed by atoms with E-state index in [1.54, 1.807) is 37.1 Å². The van der Waals surface area contributed by atoms with E-state index in [1.807, 2.05) is 68.4 Å². The van der Waals surface area contributed by atoms with Crippen LogP contribution in [0.1, 0.15) is 47.1 Å². The minimum atomic E-state index is -0.673. The van der Waals surface area contributed by atoms with E-state index in [0.717, 1.165) is 16.9 Å². The highest BCUT2D eigenvalue weighted by molar-refractivity contribution is 6.23. The Hall–Kier alpha value is -4.43. The number of esters is 1. The molecule has 0 atom stereocenters. The standard InChI is InChI=1S/C30H32N4O4/c1-5-38-28(36)20-11-16-23-24(17-20)33-26(27(23)35)25(19-9-7-6-8-10-19)32-21-12-14-22(15-13-21)34(4)29(37)30(2,3)18-31/h6-17,32-33H,5,18,31H2,1-4H3. The van der Waals surface area contributed by atoms with Gasteiger partial charge in [0.15, 0.2) is 0 Å². The van der Waals surface area contributed by atoms with Crippen LogP contribution < -0.4 is 21.3 Å². The van der Waals surface area contributed by atoms with Crippen LogP contribution in [0.2, 0.25) is 0 Å². The summed E-state index contributed by atoms with van der Waals surface area (Å²) in [7, 11) is 1.72. The third-order valence-corrected chi connectivity index (χ3v) is 6.49. The van der Waals surface area contributed by atoms with Gasteiger partial charge in [0, 0.05) is 36.1 Å². The number of allylic oxidation sites excluding steroid dienone is 1. The number of benzene rings is 3. The fourth-order valence-electron chi connectivity index (χ4n) is 4.14. The van der Waals surface area contributed by atoms with Gasteiger partial charge >= 0.3 is 5.97 Å². The van der Waals surface area contributed by atoms with Crippen LogP contribution in [0, 0.1) is 5.41 Å². The van der Waals surface area contributed by atoms with Gasteiger partial charge < -0.3 is 26.0 Å². The molecule has 0 saturated carbocycles. The van der Waals surface area contributed by atoms with E-state index in [9.17, 15) is 14.4 Å². The second-order valence-electron chi connectivity index (χ2n) is 9.68. The first kappa shape index (κ1) is 26.6. The highest BCUT2D eigenvalue weighted by atomic mass is 16.5. The molecule has 0 unspecified atom stereocenters. The molecule has 196 valence electrons. The van der Waals surface area contributed by atoms with Crippen molar-refractivity contribution in [2.75, 3.05) is 35.7 Å². The van der Waals surface area contributed by atoms with Crippen molar-refractivity contribution < 1.29 is 19.1 Å². The van der Waals surface area contributed by atoms with E-state index >= 15 is 0 Å². The van der Waals surface area contributed by atoms with E-state index < -0.39 is 11.4 Å². The average Bonchev–Trinajstić information content (AvgIpc) is 3.27. The third kappa shape index (κ3) is 5.31. The van der Waals surface area contributed by atoms with Gasteiger partial charge in [0.1, 0.15) is 5.70 Å². The first-order valence-corrected chi connectivity index (χ1v) is 12.4. The zero-order valence-corrected chi connectivity index (χ0v) is 22.0. The number of anilines is 3. The lowest BCUT2D eigenvalue weighted by atomic mass is 9.92. The summed E-state index contributed by atoms with van der Waals surface area (Å²) in [5.74, 6) is -0.706. The fourth-order valence-corrected chi connectivity index (χ4v) is 4.14. The van der Waals surface area contributed by atoms with Crippen LogP contribution in [0.15, 0.2) is 78.5 Å². The summed E-state index contributed by atoms with van der Waals surface area (Å²) >= 11 is 0. The summed E-state index contributed by atoms with van der Waals surface area (Å²) in [6.45, 7) is 5.89. The van der Waals surface area contributed by atoms with Gasteiger partial charge in [0.2, 0.25) is 11.7 Å². The van der Waals surface area contributed by atoms with Crippen molar-refractivity contribution in [3.05, 3.63) is 95.2 Å². The van der Waals surface area contributed by atoms with Crippen molar-refractivity contribution in [2.24, 2.45) is 11.1 Å². The summed E-state index contributed by atoms with van der Waals surface area (Å²) in [5, 5.41) is 6.58. The molecule has 0 aromatic heterocycles. The predicted octanol–water partition coefficient (Wildman–Crippen LogP) is 4.90. The van der Waals surface area contributed by atoms with Crippen molar-refractivity contribution in [2.45, 2.75) is 20.8 Å². The Morgan fingerprint density at radius 2 is 1.68 bits per heavy atom. The van der Waals surface area contributed by atoms with Gasteiger partial charge in [-0.2, -0.15) is 0 Å². The SMILES string of the molecule is CCOC(=O)c1ccc2c(c1)NC(=C(Nc1ccc(N(C)C(=O)C(C)(C)CN)cc1)c1ccccc1)C2=O. The number of carbonyl (C=O) groups is 3. The lowest BCUT2D eigenvalue weighted by Crippen LogP contribution is -2.42. The van der Waals surface area contributed by atoms with Gasteiger partial charge in [-0.25, -0.2) is 4.79 Å². The summed E-state index contributed by atoms with van der Waals surface area (Å²) in [5.41, 5.74) is 9.72. The highest BCUT2D eigenvalue weighted by Gasteiger charge is 2.31. The number of nitrogens with one attached hydrogen (secondary N) is 2. The molecule has 0 spiro atoms.